The van der Waals surface area contributed by atoms with Crippen molar-refractivity contribution in [1.29, 1.82) is 0 Å². The van der Waals surface area contributed by atoms with E-state index in [2.05, 4.69) is 25.1 Å². The molecule has 1 N–H and O–H groups in total. The third-order valence-electron chi connectivity index (χ3n) is 6.82. The van der Waals surface area contributed by atoms with Crippen molar-refractivity contribution in [2.24, 2.45) is 0 Å². The molecule has 2 aliphatic rings. The molecule has 0 bridgehead atoms. The van der Waals surface area contributed by atoms with Gasteiger partial charge < -0.3 is 14.7 Å². The number of halogens is 1. The van der Waals surface area contributed by atoms with Gasteiger partial charge in [0.25, 0.3) is 0 Å². The lowest BCUT2D eigenvalue weighted by atomic mass is 10.0. The Morgan fingerprint density at radius 3 is 2.53 bits per heavy atom. The smallest absolute Gasteiger partial charge is 0.184 e. The van der Waals surface area contributed by atoms with Gasteiger partial charge in [-0.25, -0.2) is 19.0 Å². The predicted octanol–water partition coefficient (Wildman–Crippen LogP) is 2.80. The predicted molar refractivity (Wildman–Crippen MR) is 131 cm³/mol. The van der Waals surface area contributed by atoms with Gasteiger partial charge in [-0.1, -0.05) is 17.3 Å². The molecule has 5 heterocycles. The van der Waals surface area contributed by atoms with E-state index in [0.717, 1.165) is 43.9 Å². The Kier molecular flexibility index (Phi) is 6.16. The fraction of sp³-hybridized carbons (Fsp3) is 0.400. The zero-order valence-corrected chi connectivity index (χ0v) is 19.8. The summed E-state index contributed by atoms with van der Waals surface area (Å²) in [6.45, 7) is 5.24. The molecule has 10 nitrogen and oxygen atoms in total. The van der Waals surface area contributed by atoms with E-state index in [0.29, 0.717) is 48.9 Å². The van der Waals surface area contributed by atoms with Crippen LogP contribution in [0.1, 0.15) is 24.4 Å². The molecule has 11 heteroatoms. The first kappa shape index (κ1) is 22.7. The molecule has 3 aromatic heterocycles. The van der Waals surface area contributed by atoms with E-state index < -0.39 is 0 Å². The van der Waals surface area contributed by atoms with E-state index in [-0.39, 0.29) is 17.6 Å². The highest BCUT2D eigenvalue weighted by molar-refractivity contribution is 5.85. The number of ether oxygens (including phenoxy) is 1. The molecule has 4 aromatic rings. The number of pyridine rings is 1. The summed E-state index contributed by atoms with van der Waals surface area (Å²) in [5.41, 5.74) is 3.09. The fourth-order valence-electron chi connectivity index (χ4n) is 4.91. The van der Waals surface area contributed by atoms with E-state index >= 15 is 0 Å². The van der Waals surface area contributed by atoms with Crippen molar-refractivity contribution in [3.8, 4) is 17.1 Å². The van der Waals surface area contributed by atoms with Gasteiger partial charge in [-0.3, -0.25) is 9.88 Å². The van der Waals surface area contributed by atoms with Crippen LogP contribution < -0.4 is 4.90 Å². The number of likely N-dealkylation sites (tertiary alicyclic amines) is 1. The summed E-state index contributed by atoms with van der Waals surface area (Å²) in [5.74, 6) is 1.05. The normalized spacial score (nSPS) is 17.6. The highest BCUT2D eigenvalue weighted by atomic mass is 19.1. The average Bonchev–Trinajstić information content (AvgIpc) is 3.34. The number of piperidine rings is 1. The van der Waals surface area contributed by atoms with E-state index in [1.807, 2.05) is 16.8 Å². The van der Waals surface area contributed by atoms with E-state index in [1.54, 1.807) is 12.3 Å². The molecule has 0 radical (unpaired) electrons. The van der Waals surface area contributed by atoms with Crippen LogP contribution in [0.2, 0.25) is 0 Å². The van der Waals surface area contributed by atoms with Gasteiger partial charge in [0.2, 0.25) is 0 Å². The molecule has 36 heavy (non-hydrogen) atoms. The molecule has 6 rings (SSSR count). The van der Waals surface area contributed by atoms with Crippen LogP contribution in [0.25, 0.3) is 22.6 Å². The topological polar surface area (TPSA) is 105 Å². The van der Waals surface area contributed by atoms with Gasteiger partial charge in [0.15, 0.2) is 22.8 Å². The van der Waals surface area contributed by atoms with Crippen molar-refractivity contribution < 1.29 is 14.2 Å². The maximum atomic E-state index is 13.2. The summed E-state index contributed by atoms with van der Waals surface area (Å²) in [4.78, 5) is 18.3. The minimum absolute atomic E-state index is 0.0595. The van der Waals surface area contributed by atoms with E-state index in [9.17, 15) is 9.50 Å². The summed E-state index contributed by atoms with van der Waals surface area (Å²) < 4.78 is 20.7. The number of fused-ring (bicyclic) bond motifs is 1. The van der Waals surface area contributed by atoms with Gasteiger partial charge in [-0.15, -0.1) is 5.10 Å². The molecule has 1 aromatic carbocycles. The Hall–Kier alpha value is -3.70. The number of benzene rings is 1. The zero-order valence-electron chi connectivity index (χ0n) is 19.8. The minimum Gasteiger partial charge on any atom is -0.506 e. The summed E-state index contributed by atoms with van der Waals surface area (Å²) in [7, 11) is 0. The minimum atomic E-state index is -0.213. The third-order valence-corrected chi connectivity index (χ3v) is 6.82. The number of hydrogen-bond acceptors (Lipinski definition) is 9. The SMILES string of the molecule is Oc1cncc(-c2nc(N3CCOCC3)c3nnn(C4CCN(Cc5ccc(F)cc5)CC4)c3n2)c1. The summed E-state index contributed by atoms with van der Waals surface area (Å²) in [5, 5.41) is 19.0. The second-order valence-electron chi connectivity index (χ2n) is 9.24. The lowest BCUT2D eigenvalue weighted by Gasteiger charge is -2.32. The van der Waals surface area contributed by atoms with Crippen LogP contribution in [0.5, 0.6) is 5.75 Å². The van der Waals surface area contributed by atoms with Gasteiger partial charge >= 0.3 is 0 Å². The second-order valence-corrected chi connectivity index (χ2v) is 9.24. The van der Waals surface area contributed by atoms with Crippen LogP contribution in [-0.4, -0.2) is 79.3 Å². The number of anilines is 1. The van der Waals surface area contributed by atoms with Gasteiger partial charge in [-0.2, -0.15) is 0 Å². The molecule has 2 aliphatic heterocycles. The largest absolute Gasteiger partial charge is 0.506 e. The van der Waals surface area contributed by atoms with Crippen molar-refractivity contribution in [1.82, 2.24) is 34.8 Å². The highest BCUT2D eigenvalue weighted by Gasteiger charge is 2.27. The third kappa shape index (κ3) is 4.59. The second kappa shape index (κ2) is 9.75. The number of hydrogen-bond donors (Lipinski definition) is 1. The van der Waals surface area contributed by atoms with Crippen LogP contribution in [0, 0.1) is 5.82 Å². The fourth-order valence-corrected chi connectivity index (χ4v) is 4.91. The Morgan fingerprint density at radius 2 is 1.78 bits per heavy atom. The van der Waals surface area contributed by atoms with Crippen LogP contribution in [-0.2, 0) is 11.3 Å². The number of rotatable bonds is 5. The number of aromatic hydroxyl groups is 1. The van der Waals surface area contributed by atoms with Gasteiger partial charge in [0.1, 0.15) is 11.6 Å². The van der Waals surface area contributed by atoms with Crippen molar-refractivity contribution in [2.75, 3.05) is 44.3 Å². The number of aromatic nitrogens is 6. The number of morpholine rings is 1. The molecule has 2 saturated heterocycles. The lowest BCUT2D eigenvalue weighted by molar-refractivity contribution is 0.122. The molecule has 0 atom stereocenters. The zero-order chi connectivity index (χ0) is 24.5. The molecule has 0 spiro atoms. The Labute approximate surface area is 207 Å². The highest BCUT2D eigenvalue weighted by Crippen LogP contribution is 2.31. The van der Waals surface area contributed by atoms with Crippen LogP contribution in [0.15, 0.2) is 42.7 Å². The van der Waals surface area contributed by atoms with Gasteiger partial charge in [0, 0.05) is 44.5 Å². The lowest BCUT2D eigenvalue weighted by Crippen LogP contribution is -2.37. The maximum absolute atomic E-state index is 13.2. The average molecular weight is 491 g/mol. The monoisotopic (exact) mass is 490 g/mol. The molecule has 186 valence electrons. The van der Waals surface area contributed by atoms with Crippen molar-refractivity contribution in [3.63, 3.8) is 0 Å². The molecule has 0 aliphatic carbocycles. The maximum Gasteiger partial charge on any atom is 0.184 e. The summed E-state index contributed by atoms with van der Waals surface area (Å²) in [6, 6.07) is 8.47. The van der Waals surface area contributed by atoms with Crippen LogP contribution in [0.3, 0.4) is 0 Å². The first-order valence-electron chi connectivity index (χ1n) is 12.2. The molecular formula is C25H27FN8O2. The standard InChI is InChI=1S/C25H27FN8O2/c26-19-3-1-17(2-4-19)16-32-7-5-20(6-8-32)34-25-22(30-31-34)24(33-9-11-36-12-10-33)28-23(29-25)18-13-21(35)15-27-14-18/h1-4,13-15,20,35H,5-12,16H2. The first-order chi connectivity index (χ1) is 17.6. The molecule has 2 fully saturated rings. The van der Waals surface area contributed by atoms with E-state index in [1.165, 1.54) is 18.3 Å². The summed E-state index contributed by atoms with van der Waals surface area (Å²) in [6.07, 6.45) is 4.83. The quantitative estimate of drug-likeness (QED) is 0.452. The van der Waals surface area contributed by atoms with Crippen molar-refractivity contribution >= 4 is 17.0 Å². The van der Waals surface area contributed by atoms with Crippen molar-refractivity contribution in [2.45, 2.75) is 25.4 Å². The first-order valence-corrected chi connectivity index (χ1v) is 12.2. The summed E-state index contributed by atoms with van der Waals surface area (Å²) >= 11 is 0. The Morgan fingerprint density at radius 1 is 1.00 bits per heavy atom. The number of nitrogens with zero attached hydrogens (tertiary/aromatic N) is 8. The molecule has 0 unspecified atom stereocenters. The molecule has 0 amide bonds. The Bertz CT molecular complexity index is 1350. The van der Waals surface area contributed by atoms with Crippen LogP contribution in [0.4, 0.5) is 10.2 Å². The van der Waals surface area contributed by atoms with E-state index in [4.69, 9.17) is 14.7 Å². The van der Waals surface area contributed by atoms with Crippen molar-refractivity contribution in [3.05, 3.63) is 54.1 Å². The van der Waals surface area contributed by atoms with Gasteiger partial charge in [0.05, 0.1) is 25.5 Å². The Balaban J connectivity index is 1.29. The van der Waals surface area contributed by atoms with Crippen LogP contribution >= 0.6 is 0 Å². The van der Waals surface area contributed by atoms with Gasteiger partial charge in [-0.05, 0) is 36.6 Å². The molecular weight excluding hydrogens is 463 g/mol. The molecule has 0 saturated carbocycles.